The van der Waals surface area contributed by atoms with Gasteiger partial charge in [0.1, 0.15) is 5.75 Å². The lowest BCUT2D eigenvalue weighted by Gasteiger charge is -2.17. The summed E-state index contributed by atoms with van der Waals surface area (Å²) < 4.78 is 0. The van der Waals surface area contributed by atoms with E-state index >= 15 is 0 Å². The van der Waals surface area contributed by atoms with Gasteiger partial charge in [0.25, 0.3) is 0 Å². The van der Waals surface area contributed by atoms with Gasteiger partial charge in [0.2, 0.25) is 0 Å². The topological polar surface area (TPSA) is 32.3 Å². The van der Waals surface area contributed by atoms with Crippen molar-refractivity contribution in [3.8, 4) is 5.75 Å². The predicted octanol–water partition coefficient (Wildman–Crippen LogP) is 4.04. The number of hydrogen-bond donors (Lipinski definition) is 2. The van der Waals surface area contributed by atoms with Gasteiger partial charge in [-0.2, -0.15) is 0 Å². The van der Waals surface area contributed by atoms with E-state index in [-0.39, 0.29) is 5.75 Å². The number of phenolic OH excluding ortho intramolecular Hbond substituents is 1. The van der Waals surface area contributed by atoms with Crippen molar-refractivity contribution in [1.82, 2.24) is 0 Å². The number of nitrogens with one attached hydrogen (secondary N) is 1. The van der Waals surface area contributed by atoms with Crippen molar-refractivity contribution in [3.63, 3.8) is 0 Å². The molecule has 2 nitrogen and oxygen atoms in total. The number of phenols is 1. The molecule has 1 unspecified atom stereocenters. The Hall–Kier alpha value is -0.890. The maximum absolute atomic E-state index is 9.28. The Morgan fingerprint density at radius 1 is 1.40 bits per heavy atom. The quantitative estimate of drug-likeness (QED) is 0.745. The maximum atomic E-state index is 9.28. The van der Waals surface area contributed by atoms with Crippen molar-refractivity contribution in [2.24, 2.45) is 0 Å². The van der Waals surface area contributed by atoms with Crippen molar-refractivity contribution in [3.05, 3.63) is 23.2 Å². The summed E-state index contributed by atoms with van der Waals surface area (Å²) in [5, 5.41) is 13.1. The van der Waals surface area contributed by atoms with E-state index in [1.165, 1.54) is 0 Å². The molecule has 1 aromatic rings. The molecule has 0 aromatic heterocycles. The van der Waals surface area contributed by atoms with Crippen LogP contribution in [0.25, 0.3) is 0 Å². The molecular weight excluding hydrogens is 210 g/mol. The molecule has 0 aliphatic carbocycles. The van der Waals surface area contributed by atoms with Crippen LogP contribution < -0.4 is 5.32 Å². The van der Waals surface area contributed by atoms with Crippen LogP contribution in [-0.2, 0) is 0 Å². The van der Waals surface area contributed by atoms with Crippen molar-refractivity contribution >= 4 is 17.3 Å². The van der Waals surface area contributed by atoms with Crippen LogP contribution in [0.5, 0.6) is 5.75 Å². The molecule has 0 amide bonds. The highest BCUT2D eigenvalue weighted by Gasteiger charge is 2.06. The van der Waals surface area contributed by atoms with E-state index in [9.17, 15) is 5.11 Å². The zero-order valence-corrected chi connectivity index (χ0v) is 10.0. The van der Waals surface area contributed by atoms with Crippen LogP contribution >= 0.6 is 11.6 Å². The van der Waals surface area contributed by atoms with E-state index in [2.05, 4.69) is 19.2 Å². The van der Waals surface area contributed by atoms with E-state index in [0.29, 0.717) is 11.1 Å². The lowest BCUT2D eigenvalue weighted by atomic mass is 10.1. The molecule has 3 heteroatoms. The SMILES string of the molecule is CCCC(CC)Nc1ccc(O)c(Cl)c1. The molecule has 0 saturated heterocycles. The summed E-state index contributed by atoms with van der Waals surface area (Å²) in [5.41, 5.74) is 0.970. The van der Waals surface area contributed by atoms with Gasteiger partial charge in [0.05, 0.1) is 5.02 Å². The largest absolute Gasteiger partial charge is 0.506 e. The standard InChI is InChI=1S/C12H18ClNO/c1-3-5-9(4-2)14-10-6-7-12(15)11(13)8-10/h6-9,14-15H,3-5H2,1-2H3. The molecule has 1 atom stereocenters. The van der Waals surface area contributed by atoms with Crippen molar-refractivity contribution in [2.45, 2.75) is 39.2 Å². The zero-order valence-electron chi connectivity index (χ0n) is 9.26. The maximum Gasteiger partial charge on any atom is 0.134 e. The molecular formula is C12H18ClNO. The molecule has 0 aliphatic rings. The number of aromatic hydroxyl groups is 1. The Balaban J connectivity index is 2.66. The van der Waals surface area contributed by atoms with Gasteiger partial charge in [0, 0.05) is 11.7 Å². The summed E-state index contributed by atoms with van der Waals surface area (Å²) in [4.78, 5) is 0. The highest BCUT2D eigenvalue weighted by Crippen LogP contribution is 2.26. The number of anilines is 1. The summed E-state index contributed by atoms with van der Waals surface area (Å²) in [6.45, 7) is 4.34. The third kappa shape index (κ3) is 3.63. The summed E-state index contributed by atoms with van der Waals surface area (Å²) in [5.74, 6) is 0.130. The van der Waals surface area contributed by atoms with Crippen LogP contribution in [0.15, 0.2) is 18.2 Å². The molecule has 0 saturated carbocycles. The first-order valence-corrected chi connectivity index (χ1v) is 5.80. The van der Waals surface area contributed by atoms with Crippen molar-refractivity contribution in [2.75, 3.05) is 5.32 Å². The van der Waals surface area contributed by atoms with Crippen LogP contribution in [0.2, 0.25) is 5.02 Å². The van der Waals surface area contributed by atoms with E-state index in [1.54, 1.807) is 12.1 Å². The average Bonchev–Trinajstić information content (AvgIpc) is 2.23. The van der Waals surface area contributed by atoms with Crippen LogP contribution in [0.3, 0.4) is 0 Å². The Kier molecular flexibility index (Phi) is 4.76. The van der Waals surface area contributed by atoms with Gasteiger partial charge >= 0.3 is 0 Å². The van der Waals surface area contributed by atoms with Gasteiger partial charge in [-0.1, -0.05) is 31.9 Å². The minimum absolute atomic E-state index is 0.130. The minimum Gasteiger partial charge on any atom is -0.506 e. The Morgan fingerprint density at radius 2 is 2.13 bits per heavy atom. The Bertz CT molecular complexity index is 314. The van der Waals surface area contributed by atoms with Gasteiger partial charge in [-0.05, 0) is 31.0 Å². The predicted molar refractivity (Wildman–Crippen MR) is 65.7 cm³/mol. The van der Waals surface area contributed by atoms with Crippen LogP contribution in [0.4, 0.5) is 5.69 Å². The van der Waals surface area contributed by atoms with Gasteiger partial charge < -0.3 is 10.4 Å². The van der Waals surface area contributed by atoms with Gasteiger partial charge in [-0.3, -0.25) is 0 Å². The first kappa shape index (κ1) is 12.2. The molecule has 2 N–H and O–H groups in total. The third-order valence-corrected chi connectivity index (χ3v) is 2.75. The normalized spacial score (nSPS) is 12.5. The lowest BCUT2D eigenvalue weighted by molar-refractivity contribution is 0.475. The van der Waals surface area contributed by atoms with E-state index in [1.807, 2.05) is 6.07 Å². The smallest absolute Gasteiger partial charge is 0.134 e. The molecule has 15 heavy (non-hydrogen) atoms. The van der Waals surface area contributed by atoms with E-state index in [4.69, 9.17) is 11.6 Å². The summed E-state index contributed by atoms with van der Waals surface area (Å²) >= 11 is 5.83. The molecule has 84 valence electrons. The third-order valence-electron chi connectivity index (χ3n) is 2.45. The number of benzene rings is 1. The molecule has 0 fully saturated rings. The minimum atomic E-state index is 0.130. The monoisotopic (exact) mass is 227 g/mol. The molecule has 1 aromatic carbocycles. The average molecular weight is 228 g/mol. The van der Waals surface area contributed by atoms with E-state index < -0.39 is 0 Å². The summed E-state index contributed by atoms with van der Waals surface area (Å²) in [6, 6.07) is 5.70. The van der Waals surface area contributed by atoms with Crippen LogP contribution in [-0.4, -0.2) is 11.1 Å². The second-order valence-electron chi connectivity index (χ2n) is 3.70. The molecule has 0 spiro atoms. The van der Waals surface area contributed by atoms with Crippen molar-refractivity contribution < 1.29 is 5.11 Å². The highest BCUT2D eigenvalue weighted by molar-refractivity contribution is 6.32. The summed E-state index contributed by atoms with van der Waals surface area (Å²) in [6.07, 6.45) is 3.40. The fourth-order valence-corrected chi connectivity index (χ4v) is 1.74. The molecule has 0 radical (unpaired) electrons. The first-order chi connectivity index (χ1) is 7.17. The van der Waals surface area contributed by atoms with Crippen LogP contribution in [0.1, 0.15) is 33.1 Å². The number of halogens is 1. The Labute approximate surface area is 96.3 Å². The second-order valence-corrected chi connectivity index (χ2v) is 4.11. The summed E-state index contributed by atoms with van der Waals surface area (Å²) in [7, 11) is 0. The number of rotatable bonds is 5. The first-order valence-electron chi connectivity index (χ1n) is 5.42. The lowest BCUT2D eigenvalue weighted by Crippen LogP contribution is -2.17. The molecule has 0 heterocycles. The van der Waals surface area contributed by atoms with Gasteiger partial charge in [-0.25, -0.2) is 0 Å². The molecule has 0 bridgehead atoms. The zero-order chi connectivity index (χ0) is 11.3. The second kappa shape index (κ2) is 5.86. The fraction of sp³-hybridized carbons (Fsp3) is 0.500. The fourth-order valence-electron chi connectivity index (χ4n) is 1.56. The molecule has 1 rings (SSSR count). The van der Waals surface area contributed by atoms with Crippen molar-refractivity contribution in [1.29, 1.82) is 0 Å². The van der Waals surface area contributed by atoms with Crippen LogP contribution in [0, 0.1) is 0 Å². The van der Waals surface area contributed by atoms with E-state index in [0.717, 1.165) is 24.9 Å². The Morgan fingerprint density at radius 3 is 2.67 bits per heavy atom. The van der Waals surface area contributed by atoms with Gasteiger partial charge in [-0.15, -0.1) is 0 Å². The molecule has 0 aliphatic heterocycles. The highest BCUT2D eigenvalue weighted by atomic mass is 35.5. The number of hydrogen-bond acceptors (Lipinski definition) is 2. The van der Waals surface area contributed by atoms with Gasteiger partial charge in [0.15, 0.2) is 0 Å².